The second-order valence-corrected chi connectivity index (χ2v) is 9.15. The Morgan fingerprint density at radius 3 is 2.30 bits per heavy atom. The van der Waals surface area contributed by atoms with Crippen molar-refractivity contribution in [3.8, 4) is 0 Å². The van der Waals surface area contributed by atoms with E-state index in [2.05, 4.69) is 0 Å². The molecule has 0 radical (unpaired) electrons. The van der Waals surface area contributed by atoms with E-state index in [1.165, 1.54) is 0 Å². The molecule has 3 saturated heterocycles. The summed E-state index contributed by atoms with van der Waals surface area (Å²) in [6, 6.07) is 7.71. The fourth-order valence-corrected chi connectivity index (χ4v) is 5.23. The van der Waals surface area contributed by atoms with E-state index < -0.39 is 0 Å². The van der Waals surface area contributed by atoms with Crippen LogP contribution < -0.4 is 0 Å². The summed E-state index contributed by atoms with van der Waals surface area (Å²) < 4.78 is 0. The summed E-state index contributed by atoms with van der Waals surface area (Å²) in [6.45, 7) is 3.62. The molecule has 0 N–H and O–H groups in total. The van der Waals surface area contributed by atoms with Crippen LogP contribution in [0.15, 0.2) is 24.3 Å². The molecule has 4 rings (SSSR count). The number of benzene rings is 1. The SMILES string of the molecule is O=C(Cc1cccc(Cl)c1)N1CCC(C(=O)N2CCC(N3CCCC3=O)CC2)CC1. The highest BCUT2D eigenvalue weighted by atomic mass is 35.5. The number of hydrogen-bond acceptors (Lipinski definition) is 3. The largest absolute Gasteiger partial charge is 0.342 e. The van der Waals surface area contributed by atoms with Gasteiger partial charge in [-0.05, 0) is 49.8 Å². The molecule has 1 aromatic carbocycles. The quantitative estimate of drug-likeness (QED) is 0.736. The predicted octanol–water partition coefficient (Wildman–Crippen LogP) is 2.73. The van der Waals surface area contributed by atoms with Crippen molar-refractivity contribution in [1.29, 1.82) is 0 Å². The number of carbonyl (C=O) groups is 3. The van der Waals surface area contributed by atoms with Crippen LogP contribution in [-0.4, -0.2) is 71.2 Å². The third-order valence-corrected chi connectivity index (χ3v) is 7.00. The highest BCUT2D eigenvalue weighted by molar-refractivity contribution is 6.30. The molecule has 1 aromatic rings. The second kappa shape index (κ2) is 9.38. The van der Waals surface area contributed by atoms with Gasteiger partial charge in [-0.1, -0.05) is 23.7 Å². The van der Waals surface area contributed by atoms with Gasteiger partial charge in [0.2, 0.25) is 17.7 Å². The first-order valence-corrected chi connectivity index (χ1v) is 11.5. The van der Waals surface area contributed by atoms with E-state index in [4.69, 9.17) is 11.6 Å². The van der Waals surface area contributed by atoms with Crippen LogP contribution in [0.3, 0.4) is 0 Å². The Bertz CT molecular complexity index is 799. The maximum Gasteiger partial charge on any atom is 0.226 e. The molecule has 7 heteroatoms. The van der Waals surface area contributed by atoms with Crippen LogP contribution in [0.5, 0.6) is 0 Å². The number of piperidine rings is 2. The summed E-state index contributed by atoms with van der Waals surface area (Å²) in [5.41, 5.74) is 0.921. The van der Waals surface area contributed by atoms with Crippen molar-refractivity contribution in [3.63, 3.8) is 0 Å². The van der Waals surface area contributed by atoms with Crippen molar-refractivity contribution in [2.24, 2.45) is 5.92 Å². The Morgan fingerprint density at radius 1 is 0.967 bits per heavy atom. The van der Waals surface area contributed by atoms with Crippen molar-refractivity contribution < 1.29 is 14.4 Å². The van der Waals surface area contributed by atoms with Gasteiger partial charge >= 0.3 is 0 Å². The van der Waals surface area contributed by atoms with Crippen molar-refractivity contribution >= 4 is 29.3 Å². The molecule has 0 spiro atoms. The van der Waals surface area contributed by atoms with Gasteiger partial charge < -0.3 is 14.7 Å². The number of rotatable bonds is 4. The molecule has 3 amide bonds. The first-order chi connectivity index (χ1) is 14.5. The van der Waals surface area contributed by atoms with Gasteiger partial charge in [0.1, 0.15) is 0 Å². The molecule has 162 valence electrons. The van der Waals surface area contributed by atoms with Crippen molar-refractivity contribution in [2.45, 2.75) is 51.0 Å². The van der Waals surface area contributed by atoms with Crippen LogP contribution in [0.25, 0.3) is 0 Å². The molecule has 3 fully saturated rings. The Hall–Kier alpha value is -2.08. The molecule has 30 heavy (non-hydrogen) atoms. The first kappa shape index (κ1) is 21.2. The van der Waals surface area contributed by atoms with Gasteiger partial charge in [-0.15, -0.1) is 0 Å². The van der Waals surface area contributed by atoms with Crippen LogP contribution in [0.2, 0.25) is 5.02 Å². The Morgan fingerprint density at radius 2 is 1.67 bits per heavy atom. The zero-order valence-electron chi connectivity index (χ0n) is 17.4. The van der Waals surface area contributed by atoms with E-state index in [1.807, 2.05) is 32.9 Å². The molecular weight excluding hydrogens is 402 g/mol. The summed E-state index contributed by atoms with van der Waals surface area (Å²) in [4.78, 5) is 43.4. The van der Waals surface area contributed by atoms with Crippen LogP contribution >= 0.6 is 11.6 Å². The molecule has 6 nitrogen and oxygen atoms in total. The molecular formula is C23H30ClN3O3. The lowest BCUT2D eigenvalue weighted by Gasteiger charge is -2.39. The number of carbonyl (C=O) groups excluding carboxylic acids is 3. The smallest absolute Gasteiger partial charge is 0.226 e. The summed E-state index contributed by atoms with van der Waals surface area (Å²) in [6.07, 6.45) is 5.21. The topological polar surface area (TPSA) is 60.9 Å². The third-order valence-electron chi connectivity index (χ3n) is 6.77. The third kappa shape index (κ3) is 4.80. The van der Waals surface area contributed by atoms with Crippen molar-refractivity contribution in [3.05, 3.63) is 34.9 Å². The predicted molar refractivity (Wildman–Crippen MR) is 115 cm³/mol. The highest BCUT2D eigenvalue weighted by Gasteiger charge is 2.35. The summed E-state index contributed by atoms with van der Waals surface area (Å²) in [5.74, 6) is 0.599. The molecule has 3 aliphatic heterocycles. The zero-order chi connectivity index (χ0) is 21.1. The molecule has 0 bridgehead atoms. The van der Waals surface area contributed by atoms with E-state index in [0.717, 1.165) is 57.3 Å². The molecule has 3 aliphatic rings. The minimum Gasteiger partial charge on any atom is -0.342 e. The number of likely N-dealkylation sites (tertiary alicyclic amines) is 3. The lowest BCUT2D eigenvalue weighted by Crippen LogP contribution is -2.50. The van der Waals surface area contributed by atoms with Gasteiger partial charge in [-0.2, -0.15) is 0 Å². The van der Waals surface area contributed by atoms with Crippen molar-refractivity contribution in [1.82, 2.24) is 14.7 Å². The number of amides is 3. The van der Waals surface area contributed by atoms with E-state index in [9.17, 15) is 14.4 Å². The van der Waals surface area contributed by atoms with Crippen LogP contribution in [0.1, 0.15) is 44.1 Å². The Balaban J connectivity index is 1.22. The van der Waals surface area contributed by atoms with Gasteiger partial charge in [0.05, 0.1) is 6.42 Å². The maximum atomic E-state index is 13.0. The average Bonchev–Trinajstić information content (AvgIpc) is 3.19. The number of halogens is 1. The zero-order valence-corrected chi connectivity index (χ0v) is 18.1. The molecule has 0 unspecified atom stereocenters. The maximum absolute atomic E-state index is 13.0. The molecule has 0 atom stereocenters. The lowest BCUT2D eigenvalue weighted by molar-refractivity contribution is -0.142. The van der Waals surface area contributed by atoms with E-state index in [0.29, 0.717) is 37.0 Å². The molecule has 0 aromatic heterocycles. The van der Waals surface area contributed by atoms with Gasteiger partial charge in [-0.3, -0.25) is 14.4 Å². The minimum atomic E-state index is 0.00480. The standard InChI is InChI=1S/C23H30ClN3O3/c24-19-4-1-3-17(15-19)16-22(29)25-11-6-18(7-12-25)23(30)26-13-8-20(9-14-26)27-10-2-5-21(27)28/h1,3-4,15,18,20H,2,5-14,16H2. The van der Waals surface area contributed by atoms with E-state index in [-0.39, 0.29) is 23.6 Å². The van der Waals surface area contributed by atoms with Crippen LogP contribution in [0.4, 0.5) is 0 Å². The van der Waals surface area contributed by atoms with E-state index in [1.54, 1.807) is 6.07 Å². The summed E-state index contributed by atoms with van der Waals surface area (Å²) >= 11 is 6.01. The van der Waals surface area contributed by atoms with E-state index >= 15 is 0 Å². The van der Waals surface area contributed by atoms with Gasteiger partial charge in [-0.25, -0.2) is 0 Å². The monoisotopic (exact) mass is 431 g/mol. The normalized spacial score (nSPS) is 21.4. The van der Waals surface area contributed by atoms with Crippen LogP contribution in [0, 0.1) is 5.92 Å². The lowest BCUT2D eigenvalue weighted by atomic mass is 9.93. The average molecular weight is 432 g/mol. The minimum absolute atomic E-state index is 0.00480. The fraction of sp³-hybridized carbons (Fsp3) is 0.609. The number of hydrogen-bond donors (Lipinski definition) is 0. The fourth-order valence-electron chi connectivity index (χ4n) is 5.02. The Labute approximate surface area is 183 Å². The molecule has 0 aliphatic carbocycles. The van der Waals surface area contributed by atoms with Crippen LogP contribution in [-0.2, 0) is 20.8 Å². The summed E-state index contributed by atoms with van der Waals surface area (Å²) in [5, 5.41) is 0.641. The highest BCUT2D eigenvalue weighted by Crippen LogP contribution is 2.26. The summed E-state index contributed by atoms with van der Waals surface area (Å²) in [7, 11) is 0. The van der Waals surface area contributed by atoms with Crippen molar-refractivity contribution in [2.75, 3.05) is 32.7 Å². The second-order valence-electron chi connectivity index (χ2n) is 8.71. The first-order valence-electron chi connectivity index (χ1n) is 11.1. The number of nitrogens with zero attached hydrogens (tertiary/aromatic N) is 3. The Kier molecular flexibility index (Phi) is 6.61. The molecule has 0 saturated carbocycles. The van der Waals surface area contributed by atoms with Gasteiger partial charge in [0.25, 0.3) is 0 Å². The van der Waals surface area contributed by atoms with Gasteiger partial charge in [0.15, 0.2) is 0 Å². The van der Waals surface area contributed by atoms with Gasteiger partial charge in [0, 0.05) is 56.1 Å². The molecule has 3 heterocycles.